The molecule has 28 heavy (non-hydrogen) atoms. The van der Waals surface area contributed by atoms with E-state index in [9.17, 15) is 13.2 Å². The average Bonchev–Trinajstić information content (AvgIpc) is 3.14. The first-order valence-corrected chi connectivity index (χ1v) is 11.0. The molecule has 152 valence electrons. The topological polar surface area (TPSA) is 101 Å². The number of urea groups is 1. The number of anilines is 1. The Bertz CT molecular complexity index is 883. The molecule has 1 saturated heterocycles. The van der Waals surface area contributed by atoms with Crippen molar-refractivity contribution < 1.29 is 22.4 Å². The molecule has 9 heteroatoms. The number of nitrogens with zero attached hydrogens (tertiary/aromatic N) is 1. The maximum atomic E-state index is 12.6. The van der Waals surface area contributed by atoms with Crippen molar-refractivity contribution in [1.82, 2.24) is 9.62 Å². The maximum absolute atomic E-state index is 12.6. The van der Waals surface area contributed by atoms with Gasteiger partial charge in [-0.2, -0.15) is 0 Å². The van der Waals surface area contributed by atoms with Gasteiger partial charge >= 0.3 is 6.03 Å². The number of carbonyl (C=O) groups excluding carboxylic acids is 1. The highest BCUT2D eigenvalue weighted by Crippen LogP contribution is 2.16. The predicted octanol–water partition coefficient (Wildman–Crippen LogP) is 2.54. The highest BCUT2D eigenvalue weighted by Gasteiger charge is 2.25. The van der Waals surface area contributed by atoms with E-state index < -0.39 is 10.0 Å². The molecule has 0 spiro atoms. The van der Waals surface area contributed by atoms with Gasteiger partial charge < -0.3 is 19.4 Å². The Morgan fingerprint density at radius 2 is 2.14 bits per heavy atom. The van der Waals surface area contributed by atoms with Crippen LogP contribution in [0.15, 0.2) is 47.1 Å². The van der Waals surface area contributed by atoms with Gasteiger partial charge in [-0.1, -0.05) is 12.1 Å². The summed E-state index contributed by atoms with van der Waals surface area (Å²) in [5.74, 6) is 0.756. The predicted molar refractivity (Wildman–Crippen MR) is 105 cm³/mol. The van der Waals surface area contributed by atoms with Gasteiger partial charge in [-0.25, -0.2) is 17.9 Å². The summed E-state index contributed by atoms with van der Waals surface area (Å²) in [6, 6.07) is 10.6. The number of hydrogen-bond donors (Lipinski definition) is 2. The summed E-state index contributed by atoms with van der Waals surface area (Å²) < 4.78 is 36.3. The Morgan fingerprint density at radius 3 is 2.89 bits per heavy atom. The lowest BCUT2D eigenvalue weighted by Gasteiger charge is -2.32. The van der Waals surface area contributed by atoms with Crippen molar-refractivity contribution in [3.05, 3.63) is 54.0 Å². The number of furan rings is 1. The maximum Gasteiger partial charge on any atom is 0.321 e. The van der Waals surface area contributed by atoms with Crippen LogP contribution in [0.1, 0.15) is 24.2 Å². The summed E-state index contributed by atoms with van der Waals surface area (Å²) in [6.45, 7) is 1.73. The molecule has 2 N–H and O–H groups in total. The van der Waals surface area contributed by atoms with Gasteiger partial charge in [0.1, 0.15) is 12.4 Å². The van der Waals surface area contributed by atoms with Crippen molar-refractivity contribution in [2.24, 2.45) is 0 Å². The van der Waals surface area contributed by atoms with E-state index in [0.29, 0.717) is 32.0 Å². The Kier molecular flexibility index (Phi) is 6.71. The standard InChI is InChI=1S/C19H25N3O5S/c1-28(24,25)21-17-7-3-9-22(12-17)19(23)20-16-6-2-5-15(11-16)13-26-14-18-8-4-10-27-18/h2,4-6,8,10-11,17,21H,3,7,9,12-14H2,1H3,(H,20,23)/t17-/m1/s1. The van der Waals surface area contributed by atoms with Crippen LogP contribution < -0.4 is 10.0 Å². The van der Waals surface area contributed by atoms with Crippen LogP contribution in [-0.2, 0) is 28.0 Å². The Morgan fingerprint density at radius 1 is 1.29 bits per heavy atom. The summed E-state index contributed by atoms with van der Waals surface area (Å²) in [6.07, 6.45) is 4.21. The van der Waals surface area contributed by atoms with E-state index in [2.05, 4.69) is 10.0 Å². The van der Waals surface area contributed by atoms with Gasteiger partial charge in [0.25, 0.3) is 0 Å². The monoisotopic (exact) mass is 407 g/mol. The summed E-state index contributed by atoms with van der Waals surface area (Å²) in [4.78, 5) is 14.2. The number of ether oxygens (including phenoxy) is 1. The number of sulfonamides is 1. The molecular weight excluding hydrogens is 382 g/mol. The van der Waals surface area contributed by atoms with Crippen LogP contribution in [0.4, 0.5) is 10.5 Å². The Hall–Kier alpha value is -2.36. The summed E-state index contributed by atoms with van der Waals surface area (Å²) in [5.41, 5.74) is 1.60. The molecule has 1 aromatic carbocycles. The summed E-state index contributed by atoms with van der Waals surface area (Å²) in [5, 5.41) is 2.88. The number of likely N-dealkylation sites (tertiary alicyclic amines) is 1. The highest BCUT2D eigenvalue weighted by atomic mass is 32.2. The quantitative estimate of drug-likeness (QED) is 0.735. The van der Waals surface area contributed by atoms with Crippen LogP contribution in [-0.4, -0.2) is 44.7 Å². The molecule has 0 bridgehead atoms. The van der Waals surface area contributed by atoms with Gasteiger partial charge in [0.05, 0.1) is 19.1 Å². The van der Waals surface area contributed by atoms with Gasteiger partial charge in [-0.15, -0.1) is 0 Å². The fraction of sp³-hybridized carbons (Fsp3) is 0.421. The minimum atomic E-state index is -3.29. The molecule has 1 fully saturated rings. The van der Waals surface area contributed by atoms with Crippen molar-refractivity contribution in [3.8, 4) is 0 Å². The summed E-state index contributed by atoms with van der Waals surface area (Å²) in [7, 11) is -3.29. The Labute approximate surface area is 164 Å². The van der Waals surface area contributed by atoms with E-state index in [-0.39, 0.29) is 12.1 Å². The SMILES string of the molecule is CS(=O)(=O)N[C@@H]1CCCN(C(=O)Nc2cccc(COCc3ccco3)c2)C1. The lowest BCUT2D eigenvalue weighted by Crippen LogP contribution is -2.50. The van der Waals surface area contributed by atoms with Gasteiger partial charge in [0.2, 0.25) is 10.0 Å². The first-order valence-electron chi connectivity index (χ1n) is 9.11. The van der Waals surface area contributed by atoms with Crippen LogP contribution in [0.3, 0.4) is 0 Å². The van der Waals surface area contributed by atoms with Gasteiger partial charge in [0.15, 0.2) is 0 Å². The van der Waals surface area contributed by atoms with Crippen molar-refractivity contribution in [2.75, 3.05) is 24.7 Å². The number of nitrogens with one attached hydrogen (secondary N) is 2. The largest absolute Gasteiger partial charge is 0.467 e. The molecule has 3 rings (SSSR count). The van der Waals surface area contributed by atoms with Gasteiger partial charge in [0, 0.05) is 24.8 Å². The molecule has 1 atom stereocenters. The molecule has 0 unspecified atom stereocenters. The van der Waals surface area contributed by atoms with E-state index >= 15 is 0 Å². The highest BCUT2D eigenvalue weighted by molar-refractivity contribution is 7.88. The van der Waals surface area contributed by atoms with Crippen molar-refractivity contribution in [2.45, 2.75) is 32.1 Å². The molecule has 2 heterocycles. The average molecular weight is 407 g/mol. The molecule has 2 amide bonds. The fourth-order valence-corrected chi connectivity index (χ4v) is 3.96. The number of benzene rings is 1. The number of piperidine rings is 1. The molecule has 0 aliphatic carbocycles. The molecule has 2 aromatic rings. The van der Waals surface area contributed by atoms with E-state index in [1.54, 1.807) is 11.2 Å². The third-order valence-electron chi connectivity index (χ3n) is 4.36. The normalized spacial score (nSPS) is 17.5. The molecule has 0 saturated carbocycles. The van der Waals surface area contributed by atoms with E-state index in [0.717, 1.165) is 30.4 Å². The van der Waals surface area contributed by atoms with Crippen molar-refractivity contribution in [3.63, 3.8) is 0 Å². The third-order valence-corrected chi connectivity index (χ3v) is 5.12. The van der Waals surface area contributed by atoms with Gasteiger partial charge in [-0.3, -0.25) is 0 Å². The lowest BCUT2D eigenvalue weighted by atomic mass is 10.1. The Balaban J connectivity index is 1.52. The van der Waals surface area contributed by atoms with Crippen molar-refractivity contribution in [1.29, 1.82) is 0 Å². The summed E-state index contributed by atoms with van der Waals surface area (Å²) >= 11 is 0. The molecule has 1 aromatic heterocycles. The molecule has 0 radical (unpaired) electrons. The van der Waals surface area contributed by atoms with E-state index in [1.165, 1.54) is 0 Å². The van der Waals surface area contributed by atoms with Crippen LogP contribution in [0, 0.1) is 0 Å². The van der Waals surface area contributed by atoms with Gasteiger partial charge in [-0.05, 0) is 42.7 Å². The third kappa shape index (κ3) is 6.36. The molecule has 1 aliphatic heterocycles. The lowest BCUT2D eigenvalue weighted by molar-refractivity contribution is 0.0930. The second-order valence-electron chi connectivity index (χ2n) is 6.88. The zero-order chi connectivity index (χ0) is 20.0. The molecule has 8 nitrogen and oxygen atoms in total. The van der Waals surface area contributed by atoms with Crippen LogP contribution >= 0.6 is 0 Å². The first-order chi connectivity index (χ1) is 13.4. The zero-order valence-corrected chi connectivity index (χ0v) is 16.6. The molecule has 1 aliphatic rings. The second kappa shape index (κ2) is 9.22. The number of hydrogen-bond acceptors (Lipinski definition) is 5. The number of carbonyl (C=O) groups is 1. The minimum Gasteiger partial charge on any atom is -0.467 e. The fourth-order valence-electron chi connectivity index (χ4n) is 3.17. The van der Waals surface area contributed by atoms with Crippen molar-refractivity contribution >= 4 is 21.7 Å². The van der Waals surface area contributed by atoms with E-state index in [4.69, 9.17) is 9.15 Å². The molecular formula is C19H25N3O5S. The number of amides is 2. The number of rotatable bonds is 7. The van der Waals surface area contributed by atoms with Crippen LogP contribution in [0.25, 0.3) is 0 Å². The van der Waals surface area contributed by atoms with Crippen LogP contribution in [0.2, 0.25) is 0 Å². The second-order valence-corrected chi connectivity index (χ2v) is 8.66. The smallest absolute Gasteiger partial charge is 0.321 e. The minimum absolute atomic E-state index is 0.242. The van der Waals surface area contributed by atoms with Crippen LogP contribution in [0.5, 0.6) is 0 Å². The first kappa shape index (κ1) is 20.4. The van der Waals surface area contributed by atoms with E-state index in [1.807, 2.05) is 36.4 Å². The zero-order valence-electron chi connectivity index (χ0n) is 15.8.